The van der Waals surface area contributed by atoms with E-state index in [1.54, 1.807) is 21.9 Å². The SMILES string of the molecule is Cc1c(-c2cccs2)[nH]n2c(=O)cc(C3CC34CCCC4)nc12. The third kappa shape index (κ3) is 1.89. The van der Waals surface area contributed by atoms with Gasteiger partial charge in [0.2, 0.25) is 0 Å². The molecule has 5 heteroatoms. The molecular formula is C18H19N3OS. The molecule has 1 unspecified atom stereocenters. The summed E-state index contributed by atoms with van der Waals surface area (Å²) in [4.78, 5) is 18.6. The zero-order valence-corrected chi connectivity index (χ0v) is 13.9. The molecule has 2 saturated carbocycles. The van der Waals surface area contributed by atoms with Crippen molar-refractivity contribution in [1.29, 1.82) is 0 Å². The fraction of sp³-hybridized carbons (Fsp3) is 0.444. The van der Waals surface area contributed by atoms with Crippen LogP contribution in [-0.4, -0.2) is 14.6 Å². The van der Waals surface area contributed by atoms with Crippen LogP contribution in [0.4, 0.5) is 0 Å². The van der Waals surface area contributed by atoms with Gasteiger partial charge in [0.15, 0.2) is 5.65 Å². The van der Waals surface area contributed by atoms with E-state index in [1.807, 2.05) is 6.07 Å². The van der Waals surface area contributed by atoms with Crippen molar-refractivity contribution in [1.82, 2.24) is 14.6 Å². The van der Waals surface area contributed by atoms with E-state index >= 15 is 0 Å². The van der Waals surface area contributed by atoms with Crippen LogP contribution in [0.25, 0.3) is 16.2 Å². The first-order valence-electron chi connectivity index (χ1n) is 8.34. The topological polar surface area (TPSA) is 50.2 Å². The minimum absolute atomic E-state index is 0.0101. The molecule has 1 atom stereocenters. The van der Waals surface area contributed by atoms with Crippen molar-refractivity contribution in [2.75, 3.05) is 0 Å². The number of nitrogens with one attached hydrogen (secondary N) is 1. The highest BCUT2D eigenvalue weighted by molar-refractivity contribution is 7.13. The molecule has 0 aromatic carbocycles. The van der Waals surface area contributed by atoms with Crippen molar-refractivity contribution < 1.29 is 0 Å². The molecule has 2 aliphatic carbocycles. The molecule has 2 fully saturated rings. The van der Waals surface area contributed by atoms with Gasteiger partial charge in [-0.3, -0.25) is 9.89 Å². The Balaban J connectivity index is 1.65. The average molecular weight is 325 g/mol. The molecule has 1 N–H and O–H groups in total. The van der Waals surface area contributed by atoms with E-state index in [4.69, 9.17) is 4.98 Å². The molecule has 3 heterocycles. The van der Waals surface area contributed by atoms with E-state index in [0.29, 0.717) is 11.3 Å². The van der Waals surface area contributed by atoms with E-state index in [0.717, 1.165) is 27.5 Å². The summed E-state index contributed by atoms with van der Waals surface area (Å²) >= 11 is 1.67. The van der Waals surface area contributed by atoms with Gasteiger partial charge in [-0.1, -0.05) is 18.9 Å². The first kappa shape index (κ1) is 13.5. The number of fused-ring (bicyclic) bond motifs is 1. The molecule has 4 nitrogen and oxygen atoms in total. The molecule has 0 aliphatic heterocycles. The molecule has 1 spiro atoms. The fourth-order valence-electron chi connectivity index (χ4n) is 4.40. The summed E-state index contributed by atoms with van der Waals surface area (Å²) in [7, 11) is 0. The van der Waals surface area contributed by atoms with E-state index in [9.17, 15) is 4.79 Å². The molecule has 2 aliphatic rings. The van der Waals surface area contributed by atoms with Crippen LogP contribution in [0.1, 0.15) is 49.3 Å². The number of aromatic nitrogens is 3. The summed E-state index contributed by atoms with van der Waals surface area (Å²) in [6, 6.07) is 5.85. The average Bonchev–Trinajstić information content (AvgIpc) is 2.97. The second-order valence-electron chi connectivity index (χ2n) is 7.09. The number of aromatic amines is 1. The molecule has 23 heavy (non-hydrogen) atoms. The van der Waals surface area contributed by atoms with Crippen LogP contribution in [0.5, 0.6) is 0 Å². The predicted octanol–water partition coefficient (Wildman–Crippen LogP) is 4.11. The van der Waals surface area contributed by atoms with Crippen LogP contribution in [0.2, 0.25) is 0 Å². The number of rotatable bonds is 2. The van der Waals surface area contributed by atoms with Crippen molar-refractivity contribution in [3.8, 4) is 10.6 Å². The van der Waals surface area contributed by atoms with E-state index < -0.39 is 0 Å². The number of hydrogen-bond acceptors (Lipinski definition) is 3. The highest BCUT2D eigenvalue weighted by atomic mass is 32.1. The van der Waals surface area contributed by atoms with Gasteiger partial charge < -0.3 is 0 Å². The molecule has 5 rings (SSSR count). The van der Waals surface area contributed by atoms with Crippen LogP contribution in [0.15, 0.2) is 28.4 Å². The summed E-state index contributed by atoms with van der Waals surface area (Å²) < 4.78 is 1.59. The van der Waals surface area contributed by atoms with Crippen molar-refractivity contribution >= 4 is 17.0 Å². The third-order valence-electron chi connectivity index (χ3n) is 5.79. The monoisotopic (exact) mass is 325 g/mol. The summed E-state index contributed by atoms with van der Waals surface area (Å²) in [5, 5.41) is 5.29. The Bertz CT molecular complexity index is 945. The molecule has 3 aromatic heterocycles. The van der Waals surface area contributed by atoms with Gasteiger partial charge in [-0.2, -0.15) is 0 Å². The highest BCUT2D eigenvalue weighted by Gasteiger charge is 2.56. The van der Waals surface area contributed by atoms with Crippen LogP contribution < -0.4 is 5.56 Å². The molecular weight excluding hydrogens is 306 g/mol. The summed E-state index contributed by atoms with van der Waals surface area (Å²) in [6.07, 6.45) is 6.51. The van der Waals surface area contributed by atoms with Crippen LogP contribution in [0.3, 0.4) is 0 Å². The smallest absolute Gasteiger partial charge is 0.272 e. The Kier molecular flexibility index (Phi) is 2.69. The van der Waals surface area contributed by atoms with Gasteiger partial charge in [0.1, 0.15) is 0 Å². The van der Waals surface area contributed by atoms with Crippen LogP contribution in [-0.2, 0) is 0 Å². The van der Waals surface area contributed by atoms with Gasteiger partial charge in [0.25, 0.3) is 5.56 Å². The number of nitrogens with zero attached hydrogens (tertiary/aromatic N) is 2. The largest absolute Gasteiger partial charge is 0.288 e. The second-order valence-corrected chi connectivity index (χ2v) is 8.04. The predicted molar refractivity (Wildman–Crippen MR) is 92.1 cm³/mol. The van der Waals surface area contributed by atoms with Gasteiger partial charge >= 0.3 is 0 Å². The molecule has 0 radical (unpaired) electrons. The quantitative estimate of drug-likeness (QED) is 0.771. The van der Waals surface area contributed by atoms with Crippen LogP contribution >= 0.6 is 11.3 Å². The Labute approximate surface area is 138 Å². The Morgan fingerprint density at radius 1 is 1.39 bits per heavy atom. The minimum atomic E-state index is 0.0101. The third-order valence-corrected chi connectivity index (χ3v) is 6.67. The lowest BCUT2D eigenvalue weighted by Gasteiger charge is -2.07. The van der Waals surface area contributed by atoms with E-state index in [2.05, 4.69) is 23.5 Å². The van der Waals surface area contributed by atoms with E-state index in [-0.39, 0.29) is 5.56 Å². The second kappa shape index (κ2) is 4.57. The molecule has 3 aromatic rings. The van der Waals surface area contributed by atoms with Crippen molar-refractivity contribution in [3.05, 3.63) is 45.2 Å². The van der Waals surface area contributed by atoms with Gasteiger partial charge in [0.05, 0.1) is 16.3 Å². The maximum atomic E-state index is 12.6. The minimum Gasteiger partial charge on any atom is -0.288 e. The lowest BCUT2D eigenvalue weighted by atomic mass is 10.0. The zero-order chi connectivity index (χ0) is 15.6. The maximum absolute atomic E-state index is 12.6. The van der Waals surface area contributed by atoms with E-state index in [1.165, 1.54) is 32.1 Å². The number of H-pyrrole nitrogens is 1. The molecule has 118 valence electrons. The standard InChI is InChI=1S/C18H19N3OS/c1-11-16(14-5-4-8-23-14)20-21-15(22)9-13(19-17(11)21)12-10-18(12)6-2-3-7-18/h4-5,8-9,12,20H,2-3,6-7,10H2,1H3. The fourth-order valence-corrected chi connectivity index (χ4v) is 5.18. The van der Waals surface area contributed by atoms with Crippen molar-refractivity contribution in [2.24, 2.45) is 5.41 Å². The molecule has 0 amide bonds. The van der Waals surface area contributed by atoms with Gasteiger partial charge in [-0.05, 0) is 43.0 Å². The normalized spacial score (nSPS) is 22.2. The van der Waals surface area contributed by atoms with Crippen molar-refractivity contribution in [3.63, 3.8) is 0 Å². The molecule has 0 saturated heterocycles. The van der Waals surface area contributed by atoms with Gasteiger partial charge in [-0.25, -0.2) is 9.50 Å². The summed E-state index contributed by atoms with van der Waals surface area (Å²) in [5.41, 5.74) is 4.35. The number of thiophene rings is 1. The molecule has 0 bridgehead atoms. The Hall–Kier alpha value is -1.88. The lowest BCUT2D eigenvalue weighted by molar-refractivity contribution is 0.509. The van der Waals surface area contributed by atoms with Gasteiger partial charge in [0, 0.05) is 17.5 Å². The van der Waals surface area contributed by atoms with Gasteiger partial charge in [-0.15, -0.1) is 11.3 Å². The lowest BCUT2D eigenvalue weighted by Crippen LogP contribution is -2.16. The highest BCUT2D eigenvalue weighted by Crippen LogP contribution is 2.67. The summed E-state index contributed by atoms with van der Waals surface area (Å²) in [6.45, 7) is 2.05. The number of aryl methyl sites for hydroxylation is 1. The first-order valence-corrected chi connectivity index (χ1v) is 9.22. The van der Waals surface area contributed by atoms with Crippen molar-refractivity contribution in [2.45, 2.75) is 44.9 Å². The zero-order valence-electron chi connectivity index (χ0n) is 13.1. The summed E-state index contributed by atoms with van der Waals surface area (Å²) in [5.74, 6) is 0.502. The Morgan fingerprint density at radius 2 is 2.22 bits per heavy atom. The maximum Gasteiger partial charge on any atom is 0.272 e. The Morgan fingerprint density at radius 3 is 2.96 bits per heavy atom. The number of hydrogen-bond donors (Lipinski definition) is 1. The first-order chi connectivity index (χ1) is 11.2. The van der Waals surface area contributed by atoms with Crippen LogP contribution in [0, 0.1) is 12.3 Å².